The van der Waals surface area contributed by atoms with Gasteiger partial charge in [0.25, 0.3) is 0 Å². The summed E-state index contributed by atoms with van der Waals surface area (Å²) in [5.74, 6) is -0.416. The fraction of sp³-hybridized carbons (Fsp3) is 0.417. The van der Waals surface area contributed by atoms with Gasteiger partial charge in [-0.15, -0.1) is 0 Å². The SMILES string of the molecule is CNC(=O)C(C)CN(C)c1ccc(N)cc1S(N)(=O)=O. The lowest BCUT2D eigenvalue weighted by Crippen LogP contribution is -2.35. The maximum Gasteiger partial charge on any atom is 0.240 e. The molecule has 0 saturated carbocycles. The van der Waals surface area contributed by atoms with Crippen LogP contribution in [0.15, 0.2) is 23.1 Å². The van der Waals surface area contributed by atoms with Gasteiger partial charge in [0.15, 0.2) is 0 Å². The number of rotatable bonds is 5. The van der Waals surface area contributed by atoms with E-state index in [4.69, 9.17) is 10.9 Å². The zero-order valence-electron chi connectivity index (χ0n) is 11.8. The first-order valence-corrected chi connectivity index (χ1v) is 7.56. The third kappa shape index (κ3) is 3.84. The van der Waals surface area contributed by atoms with E-state index in [9.17, 15) is 13.2 Å². The van der Waals surface area contributed by atoms with E-state index < -0.39 is 10.0 Å². The summed E-state index contributed by atoms with van der Waals surface area (Å²) in [5, 5.41) is 7.74. The molecule has 1 unspecified atom stereocenters. The summed E-state index contributed by atoms with van der Waals surface area (Å²) in [6.45, 7) is 2.11. The van der Waals surface area contributed by atoms with Gasteiger partial charge in [-0.3, -0.25) is 4.79 Å². The van der Waals surface area contributed by atoms with E-state index in [1.807, 2.05) is 0 Å². The number of hydrogen-bond donors (Lipinski definition) is 3. The number of benzene rings is 1. The Labute approximate surface area is 119 Å². The Kier molecular flexibility index (Phi) is 4.96. The van der Waals surface area contributed by atoms with Crippen LogP contribution in [-0.4, -0.2) is 35.0 Å². The Morgan fingerprint density at radius 2 is 2.05 bits per heavy atom. The molecule has 20 heavy (non-hydrogen) atoms. The molecular weight excluding hydrogens is 280 g/mol. The molecule has 112 valence electrons. The third-order valence-electron chi connectivity index (χ3n) is 2.94. The molecule has 0 spiro atoms. The van der Waals surface area contributed by atoms with Crippen molar-refractivity contribution in [2.45, 2.75) is 11.8 Å². The molecule has 0 bridgehead atoms. The molecule has 1 aromatic carbocycles. The van der Waals surface area contributed by atoms with Crippen molar-refractivity contribution in [3.63, 3.8) is 0 Å². The van der Waals surface area contributed by atoms with Crippen LogP contribution in [-0.2, 0) is 14.8 Å². The van der Waals surface area contributed by atoms with Crippen LogP contribution in [0.3, 0.4) is 0 Å². The van der Waals surface area contributed by atoms with Crippen molar-refractivity contribution >= 4 is 27.3 Å². The lowest BCUT2D eigenvalue weighted by Gasteiger charge is -2.24. The zero-order valence-corrected chi connectivity index (χ0v) is 12.6. The van der Waals surface area contributed by atoms with Gasteiger partial charge in [0.1, 0.15) is 4.90 Å². The number of hydrogen-bond acceptors (Lipinski definition) is 5. The van der Waals surface area contributed by atoms with Crippen molar-refractivity contribution in [2.24, 2.45) is 11.1 Å². The summed E-state index contributed by atoms with van der Waals surface area (Å²) >= 11 is 0. The monoisotopic (exact) mass is 300 g/mol. The normalized spacial score (nSPS) is 12.8. The standard InChI is InChI=1S/C12H20N4O3S/c1-8(12(17)15-2)7-16(3)10-5-4-9(13)6-11(10)20(14,18)19/h4-6,8H,7,13H2,1-3H3,(H,15,17)(H2,14,18,19). The lowest BCUT2D eigenvalue weighted by atomic mass is 10.1. The summed E-state index contributed by atoms with van der Waals surface area (Å²) < 4.78 is 23.2. The van der Waals surface area contributed by atoms with Crippen LogP contribution in [0.4, 0.5) is 11.4 Å². The molecule has 0 radical (unpaired) electrons. The first kappa shape index (κ1) is 16.3. The molecule has 8 heteroatoms. The summed E-state index contributed by atoms with van der Waals surface area (Å²) in [7, 11) is -0.637. The van der Waals surface area contributed by atoms with Crippen LogP contribution in [0.1, 0.15) is 6.92 Å². The third-order valence-corrected chi connectivity index (χ3v) is 3.88. The first-order valence-electron chi connectivity index (χ1n) is 6.02. The average Bonchev–Trinajstić information content (AvgIpc) is 2.36. The Morgan fingerprint density at radius 1 is 1.45 bits per heavy atom. The van der Waals surface area contributed by atoms with Crippen molar-refractivity contribution < 1.29 is 13.2 Å². The van der Waals surface area contributed by atoms with Crippen molar-refractivity contribution in [1.29, 1.82) is 0 Å². The second kappa shape index (κ2) is 6.10. The quantitative estimate of drug-likeness (QED) is 0.647. The number of primary sulfonamides is 1. The minimum Gasteiger partial charge on any atom is -0.399 e. The van der Waals surface area contributed by atoms with Crippen LogP contribution in [0, 0.1) is 5.92 Å². The summed E-state index contributed by atoms with van der Waals surface area (Å²) in [5.41, 5.74) is 6.32. The Bertz CT molecular complexity index is 601. The summed E-state index contributed by atoms with van der Waals surface area (Å²) in [4.78, 5) is 13.1. The lowest BCUT2D eigenvalue weighted by molar-refractivity contribution is -0.123. The molecule has 0 heterocycles. The molecule has 0 fully saturated rings. The van der Waals surface area contributed by atoms with Crippen LogP contribution in [0.5, 0.6) is 0 Å². The Balaban J connectivity index is 3.11. The number of nitrogens with one attached hydrogen (secondary N) is 1. The van der Waals surface area contributed by atoms with E-state index in [-0.39, 0.29) is 16.7 Å². The number of amides is 1. The van der Waals surface area contributed by atoms with Gasteiger partial charge in [-0.05, 0) is 18.2 Å². The maximum absolute atomic E-state index is 11.6. The molecule has 0 aliphatic rings. The van der Waals surface area contributed by atoms with Gasteiger partial charge in [-0.2, -0.15) is 0 Å². The summed E-state index contributed by atoms with van der Waals surface area (Å²) in [6.07, 6.45) is 0. The molecular formula is C12H20N4O3S. The molecule has 1 aromatic rings. The number of sulfonamides is 1. The van der Waals surface area contributed by atoms with Crippen molar-refractivity contribution in [1.82, 2.24) is 5.32 Å². The van der Waals surface area contributed by atoms with Gasteiger partial charge in [0.05, 0.1) is 11.6 Å². The van der Waals surface area contributed by atoms with Gasteiger partial charge in [0.2, 0.25) is 15.9 Å². The van der Waals surface area contributed by atoms with Gasteiger partial charge in [-0.1, -0.05) is 6.92 Å². The highest BCUT2D eigenvalue weighted by atomic mass is 32.2. The van der Waals surface area contributed by atoms with Crippen molar-refractivity contribution in [2.75, 3.05) is 31.3 Å². The molecule has 0 saturated heterocycles. The number of carbonyl (C=O) groups excluding carboxylic acids is 1. The second-order valence-corrected chi connectivity index (χ2v) is 6.20. The number of nitrogens with two attached hydrogens (primary N) is 2. The molecule has 1 atom stereocenters. The number of carbonyl (C=O) groups is 1. The van der Waals surface area contributed by atoms with E-state index in [1.165, 1.54) is 6.07 Å². The Hall–Kier alpha value is -1.80. The van der Waals surface area contributed by atoms with E-state index in [0.717, 1.165) is 0 Å². The van der Waals surface area contributed by atoms with Gasteiger partial charge in [-0.25, -0.2) is 13.6 Å². The smallest absolute Gasteiger partial charge is 0.240 e. The minimum absolute atomic E-state index is 0.0518. The van der Waals surface area contributed by atoms with Crippen molar-refractivity contribution in [3.8, 4) is 0 Å². The largest absolute Gasteiger partial charge is 0.399 e. The number of nitrogens with zero attached hydrogens (tertiary/aromatic N) is 1. The highest BCUT2D eigenvalue weighted by Gasteiger charge is 2.20. The molecule has 7 nitrogen and oxygen atoms in total. The molecule has 1 amide bonds. The van der Waals surface area contributed by atoms with Crippen molar-refractivity contribution in [3.05, 3.63) is 18.2 Å². The Morgan fingerprint density at radius 3 is 2.55 bits per heavy atom. The predicted molar refractivity (Wildman–Crippen MR) is 78.7 cm³/mol. The average molecular weight is 300 g/mol. The topological polar surface area (TPSA) is 119 Å². The van der Waals surface area contributed by atoms with E-state index in [2.05, 4.69) is 5.32 Å². The maximum atomic E-state index is 11.6. The molecule has 5 N–H and O–H groups in total. The van der Waals surface area contributed by atoms with Crippen LogP contribution in [0.25, 0.3) is 0 Å². The molecule has 0 aliphatic heterocycles. The second-order valence-electron chi connectivity index (χ2n) is 4.67. The van der Waals surface area contributed by atoms with Gasteiger partial charge in [0, 0.05) is 26.3 Å². The summed E-state index contributed by atoms with van der Waals surface area (Å²) in [6, 6.07) is 4.47. The van der Waals surface area contributed by atoms with E-state index in [1.54, 1.807) is 38.1 Å². The molecule has 1 rings (SSSR count). The molecule has 0 aliphatic carbocycles. The first-order chi connectivity index (χ1) is 9.16. The van der Waals surface area contributed by atoms with Gasteiger partial charge < -0.3 is 16.0 Å². The van der Waals surface area contributed by atoms with Gasteiger partial charge >= 0.3 is 0 Å². The van der Waals surface area contributed by atoms with E-state index >= 15 is 0 Å². The fourth-order valence-electron chi connectivity index (χ4n) is 1.91. The highest BCUT2D eigenvalue weighted by Crippen LogP contribution is 2.26. The number of anilines is 2. The van der Waals surface area contributed by atoms with E-state index in [0.29, 0.717) is 17.9 Å². The van der Waals surface area contributed by atoms with Crippen LogP contribution >= 0.6 is 0 Å². The van der Waals surface area contributed by atoms with Crippen LogP contribution < -0.4 is 21.1 Å². The highest BCUT2D eigenvalue weighted by molar-refractivity contribution is 7.89. The minimum atomic E-state index is -3.88. The predicted octanol–water partition coefficient (Wildman–Crippen LogP) is -0.265. The molecule has 0 aromatic heterocycles. The van der Waals surface area contributed by atoms with Crippen LogP contribution in [0.2, 0.25) is 0 Å². The zero-order chi connectivity index (χ0) is 15.5. The fourth-order valence-corrected chi connectivity index (χ4v) is 2.73. The number of nitrogen functional groups attached to an aromatic ring is 1.